The van der Waals surface area contributed by atoms with Crippen LogP contribution < -0.4 is 10.1 Å². The number of nitrogens with one attached hydrogen (secondary N) is 1. The minimum absolute atomic E-state index is 0.0893. The molecule has 0 unspecified atom stereocenters. The fourth-order valence-electron chi connectivity index (χ4n) is 5.09. The van der Waals surface area contributed by atoms with Crippen LogP contribution in [-0.2, 0) is 24.3 Å². The number of benzene rings is 1. The normalized spacial score (nSPS) is 16.3. The maximum Gasteiger partial charge on any atom is 0.272 e. The van der Waals surface area contributed by atoms with E-state index in [4.69, 9.17) is 9.84 Å². The number of amides is 2. The molecule has 1 saturated carbocycles. The lowest BCUT2D eigenvalue weighted by Crippen LogP contribution is -2.42. The van der Waals surface area contributed by atoms with Gasteiger partial charge < -0.3 is 15.0 Å². The fourth-order valence-corrected chi connectivity index (χ4v) is 5.09. The highest BCUT2D eigenvalue weighted by atomic mass is 16.5. The molecule has 2 heterocycles. The van der Waals surface area contributed by atoms with Crippen molar-refractivity contribution in [3.8, 4) is 5.75 Å². The minimum Gasteiger partial charge on any atom is -0.497 e. The van der Waals surface area contributed by atoms with Crippen molar-refractivity contribution in [1.82, 2.24) is 24.9 Å². The van der Waals surface area contributed by atoms with Crippen LogP contribution in [0.3, 0.4) is 0 Å². The number of fused-ring (bicyclic) bond motifs is 1. The second kappa shape index (κ2) is 11.0. The molecule has 1 aliphatic carbocycles. The van der Waals surface area contributed by atoms with E-state index in [1.165, 1.54) is 0 Å². The van der Waals surface area contributed by atoms with Crippen molar-refractivity contribution >= 4 is 11.8 Å². The Morgan fingerprint density at radius 1 is 1.15 bits per heavy atom. The van der Waals surface area contributed by atoms with Gasteiger partial charge in [0.1, 0.15) is 5.75 Å². The monoisotopic (exact) mass is 467 g/mol. The maximum absolute atomic E-state index is 13.3. The number of hydrogen-bond donors (Lipinski definition) is 1. The SMILES string of the molecule is CCN(CC)C(=O)CN1CCc2c(c(C(=O)NC3CCCC3)nn2Cc2ccc(OC)cc2)C1. The van der Waals surface area contributed by atoms with Crippen molar-refractivity contribution < 1.29 is 14.3 Å². The summed E-state index contributed by atoms with van der Waals surface area (Å²) in [6.07, 6.45) is 5.16. The molecule has 0 atom stereocenters. The molecule has 8 heteroatoms. The highest BCUT2D eigenvalue weighted by molar-refractivity contribution is 5.94. The van der Waals surface area contributed by atoms with Crippen molar-refractivity contribution in [2.24, 2.45) is 0 Å². The molecule has 0 spiro atoms. The van der Waals surface area contributed by atoms with Gasteiger partial charge in [-0.05, 0) is 44.4 Å². The summed E-state index contributed by atoms with van der Waals surface area (Å²) in [5.74, 6) is 0.862. The first-order valence-corrected chi connectivity index (χ1v) is 12.5. The van der Waals surface area contributed by atoms with Crippen LogP contribution in [-0.4, -0.2) is 70.7 Å². The Morgan fingerprint density at radius 3 is 2.50 bits per heavy atom. The van der Waals surface area contributed by atoms with E-state index < -0.39 is 0 Å². The first-order valence-electron chi connectivity index (χ1n) is 12.5. The molecule has 184 valence electrons. The topological polar surface area (TPSA) is 79.7 Å². The van der Waals surface area contributed by atoms with Gasteiger partial charge in [-0.2, -0.15) is 5.10 Å². The average molecular weight is 468 g/mol. The van der Waals surface area contributed by atoms with E-state index in [0.717, 1.165) is 61.2 Å². The zero-order valence-electron chi connectivity index (χ0n) is 20.7. The summed E-state index contributed by atoms with van der Waals surface area (Å²) in [5, 5.41) is 8.01. The maximum atomic E-state index is 13.3. The molecule has 2 amide bonds. The molecule has 34 heavy (non-hydrogen) atoms. The zero-order chi connectivity index (χ0) is 24.1. The lowest BCUT2D eigenvalue weighted by Gasteiger charge is -2.29. The molecule has 4 rings (SSSR count). The van der Waals surface area contributed by atoms with E-state index in [2.05, 4.69) is 10.2 Å². The van der Waals surface area contributed by atoms with E-state index in [0.29, 0.717) is 38.4 Å². The molecule has 2 aromatic rings. The number of nitrogens with zero attached hydrogens (tertiary/aromatic N) is 4. The molecule has 1 fully saturated rings. The Bertz CT molecular complexity index is 991. The summed E-state index contributed by atoms with van der Waals surface area (Å²) < 4.78 is 7.25. The fraction of sp³-hybridized carbons (Fsp3) is 0.577. The van der Waals surface area contributed by atoms with Crippen molar-refractivity contribution in [1.29, 1.82) is 0 Å². The van der Waals surface area contributed by atoms with Gasteiger partial charge in [0.05, 0.1) is 20.2 Å². The van der Waals surface area contributed by atoms with E-state index in [-0.39, 0.29) is 17.9 Å². The number of likely N-dealkylation sites (N-methyl/N-ethyl adjacent to an activating group) is 1. The van der Waals surface area contributed by atoms with E-state index in [1.54, 1.807) is 7.11 Å². The molecule has 1 N–H and O–H groups in total. The molecule has 1 aromatic heterocycles. The summed E-state index contributed by atoms with van der Waals surface area (Å²) in [4.78, 5) is 30.0. The molecule has 2 aliphatic rings. The second-order valence-electron chi connectivity index (χ2n) is 9.26. The third-order valence-corrected chi connectivity index (χ3v) is 7.08. The summed E-state index contributed by atoms with van der Waals surface area (Å²) >= 11 is 0. The van der Waals surface area contributed by atoms with Crippen LogP contribution in [0.1, 0.15) is 66.8 Å². The molecular weight excluding hydrogens is 430 g/mol. The molecule has 8 nitrogen and oxygen atoms in total. The predicted octanol–water partition coefficient (Wildman–Crippen LogP) is 2.84. The lowest BCUT2D eigenvalue weighted by atomic mass is 10.0. The van der Waals surface area contributed by atoms with Crippen LogP contribution in [0.15, 0.2) is 24.3 Å². The van der Waals surface area contributed by atoms with Crippen LogP contribution >= 0.6 is 0 Å². The third kappa shape index (κ3) is 5.43. The number of hydrogen-bond acceptors (Lipinski definition) is 5. The van der Waals surface area contributed by atoms with Crippen LogP contribution in [0.5, 0.6) is 5.75 Å². The average Bonchev–Trinajstić information content (AvgIpc) is 3.48. The molecule has 0 saturated heterocycles. The number of methoxy groups -OCH3 is 1. The van der Waals surface area contributed by atoms with Gasteiger partial charge in [0, 0.05) is 49.9 Å². The van der Waals surface area contributed by atoms with Crippen LogP contribution in [0.2, 0.25) is 0 Å². The first-order chi connectivity index (χ1) is 16.5. The summed E-state index contributed by atoms with van der Waals surface area (Å²) in [7, 11) is 1.66. The van der Waals surface area contributed by atoms with Gasteiger partial charge in [-0.15, -0.1) is 0 Å². The molecule has 1 aromatic carbocycles. The molecule has 0 bridgehead atoms. The van der Waals surface area contributed by atoms with Gasteiger partial charge in [0.2, 0.25) is 5.91 Å². The summed E-state index contributed by atoms with van der Waals surface area (Å²) in [6, 6.07) is 8.18. The van der Waals surface area contributed by atoms with Gasteiger partial charge in [-0.1, -0.05) is 25.0 Å². The van der Waals surface area contributed by atoms with Crippen molar-refractivity contribution in [2.45, 2.75) is 65.1 Å². The smallest absolute Gasteiger partial charge is 0.272 e. The Kier molecular flexibility index (Phi) is 7.88. The zero-order valence-corrected chi connectivity index (χ0v) is 20.7. The van der Waals surface area contributed by atoms with E-state index in [1.807, 2.05) is 47.7 Å². The quantitative estimate of drug-likeness (QED) is 0.614. The van der Waals surface area contributed by atoms with Crippen molar-refractivity contribution in [2.75, 3.05) is 33.3 Å². The van der Waals surface area contributed by atoms with Gasteiger partial charge >= 0.3 is 0 Å². The largest absolute Gasteiger partial charge is 0.497 e. The predicted molar refractivity (Wildman–Crippen MR) is 131 cm³/mol. The molecule has 0 radical (unpaired) electrons. The highest BCUT2D eigenvalue weighted by Crippen LogP contribution is 2.25. The Morgan fingerprint density at radius 2 is 1.85 bits per heavy atom. The number of rotatable bonds is 9. The van der Waals surface area contributed by atoms with Gasteiger partial charge in [-0.25, -0.2) is 0 Å². The molecule has 1 aliphatic heterocycles. The number of ether oxygens (including phenoxy) is 1. The number of carbonyl (C=O) groups is 2. The van der Waals surface area contributed by atoms with Crippen LogP contribution in [0.25, 0.3) is 0 Å². The second-order valence-corrected chi connectivity index (χ2v) is 9.26. The Hall–Kier alpha value is -2.87. The minimum atomic E-state index is -0.0893. The van der Waals surface area contributed by atoms with E-state index in [9.17, 15) is 9.59 Å². The third-order valence-electron chi connectivity index (χ3n) is 7.08. The summed E-state index contributed by atoms with van der Waals surface area (Å²) in [5.41, 5.74) is 3.67. The van der Waals surface area contributed by atoms with Crippen LogP contribution in [0.4, 0.5) is 0 Å². The Balaban J connectivity index is 1.57. The highest BCUT2D eigenvalue weighted by Gasteiger charge is 2.30. The molecular formula is C26H37N5O3. The van der Waals surface area contributed by atoms with E-state index >= 15 is 0 Å². The van der Waals surface area contributed by atoms with Gasteiger partial charge in [-0.3, -0.25) is 19.2 Å². The lowest BCUT2D eigenvalue weighted by molar-refractivity contribution is -0.132. The summed E-state index contributed by atoms with van der Waals surface area (Å²) in [6.45, 7) is 7.74. The number of carbonyl (C=O) groups excluding carboxylic acids is 2. The Labute approximate surface area is 202 Å². The first kappa shape index (κ1) is 24.3. The van der Waals surface area contributed by atoms with Gasteiger partial charge in [0.25, 0.3) is 5.91 Å². The van der Waals surface area contributed by atoms with Crippen LogP contribution in [0, 0.1) is 0 Å². The number of aromatic nitrogens is 2. The standard InChI is InChI=1S/C26H37N5O3/c1-4-30(5-2)24(32)18-29-15-14-23-22(17-29)25(26(33)27-20-8-6-7-9-20)28-31(23)16-19-10-12-21(34-3)13-11-19/h10-13,20H,4-9,14-18H2,1-3H3,(H,27,33). The van der Waals surface area contributed by atoms with Gasteiger partial charge in [0.15, 0.2) is 5.69 Å². The van der Waals surface area contributed by atoms with Crippen molar-refractivity contribution in [3.63, 3.8) is 0 Å². The van der Waals surface area contributed by atoms with Crippen molar-refractivity contribution in [3.05, 3.63) is 46.8 Å².